The van der Waals surface area contributed by atoms with Gasteiger partial charge >= 0.3 is 18.4 Å². The Kier molecular flexibility index (Phi) is 8.72. The van der Waals surface area contributed by atoms with Crippen molar-refractivity contribution in [3.05, 3.63) is 70.8 Å². The molecule has 3 rings (SSSR count). The number of ether oxygens (including phenoxy) is 2. The molecule has 1 N–H and O–H groups in total. The third-order valence-electron chi connectivity index (χ3n) is 6.47. The summed E-state index contributed by atoms with van der Waals surface area (Å²) >= 11 is 0. The lowest BCUT2D eigenvalue weighted by Gasteiger charge is -2.42. The third kappa shape index (κ3) is 7.41. The maximum absolute atomic E-state index is 13.4. The lowest BCUT2D eigenvalue weighted by Crippen LogP contribution is -2.48. The van der Waals surface area contributed by atoms with Crippen LogP contribution in [-0.2, 0) is 27.2 Å². The molecule has 0 saturated carbocycles. The largest absolute Gasteiger partial charge is 0.444 e. The van der Waals surface area contributed by atoms with Gasteiger partial charge in [-0.15, -0.1) is 0 Å². The zero-order valence-corrected chi connectivity index (χ0v) is 21.3. The molecule has 1 heterocycles. The Morgan fingerprint density at radius 1 is 0.947 bits per heavy atom. The first kappa shape index (κ1) is 29.8. The third-order valence-corrected chi connectivity index (χ3v) is 6.47. The molecule has 0 spiro atoms. The molecule has 1 aliphatic heterocycles. The van der Waals surface area contributed by atoms with Gasteiger partial charge in [0.05, 0.1) is 24.3 Å². The van der Waals surface area contributed by atoms with E-state index in [-0.39, 0.29) is 12.7 Å². The van der Waals surface area contributed by atoms with Gasteiger partial charge in [0.15, 0.2) is 0 Å². The maximum Gasteiger partial charge on any atom is 0.416 e. The van der Waals surface area contributed by atoms with E-state index < -0.39 is 58.9 Å². The Morgan fingerprint density at radius 2 is 1.47 bits per heavy atom. The number of rotatable bonds is 6. The monoisotopic (exact) mass is 547 g/mol. The molecular formula is C27H31F6NO4. The summed E-state index contributed by atoms with van der Waals surface area (Å²) in [5, 5.41) is 9.92. The first-order valence-electron chi connectivity index (χ1n) is 12.1. The molecular weight excluding hydrogens is 516 g/mol. The number of carbonyl (C=O) groups excluding carboxylic acids is 1. The topological polar surface area (TPSA) is 59.0 Å². The van der Waals surface area contributed by atoms with Gasteiger partial charge in [0, 0.05) is 18.5 Å². The molecule has 1 fully saturated rings. The number of benzene rings is 2. The molecule has 1 saturated heterocycles. The molecule has 1 unspecified atom stereocenters. The van der Waals surface area contributed by atoms with Gasteiger partial charge in [0.25, 0.3) is 0 Å². The fraction of sp³-hybridized carbons (Fsp3) is 0.519. The summed E-state index contributed by atoms with van der Waals surface area (Å²) in [6.45, 7) is 4.95. The first-order valence-corrected chi connectivity index (χ1v) is 12.1. The minimum absolute atomic E-state index is 0.0375. The highest BCUT2D eigenvalue weighted by Gasteiger charge is 2.41. The number of hydrogen-bond acceptors (Lipinski definition) is 4. The predicted molar refractivity (Wildman–Crippen MR) is 127 cm³/mol. The Balaban J connectivity index is 1.87. The van der Waals surface area contributed by atoms with Crippen LogP contribution in [0.25, 0.3) is 0 Å². The van der Waals surface area contributed by atoms with Crippen molar-refractivity contribution in [3.8, 4) is 0 Å². The van der Waals surface area contributed by atoms with Crippen molar-refractivity contribution in [2.24, 2.45) is 0 Å². The summed E-state index contributed by atoms with van der Waals surface area (Å²) in [7, 11) is 0. The molecule has 1 atom stereocenters. The van der Waals surface area contributed by atoms with Crippen LogP contribution in [0.5, 0.6) is 0 Å². The van der Waals surface area contributed by atoms with Crippen molar-refractivity contribution in [2.45, 2.75) is 63.1 Å². The summed E-state index contributed by atoms with van der Waals surface area (Å²) in [5.74, 6) is 0. The summed E-state index contributed by atoms with van der Waals surface area (Å²) in [6.07, 6.45) is -11.1. The van der Waals surface area contributed by atoms with Crippen LogP contribution >= 0.6 is 0 Å². The van der Waals surface area contributed by atoms with Crippen LogP contribution in [0.1, 0.15) is 62.0 Å². The zero-order valence-electron chi connectivity index (χ0n) is 21.3. The average Bonchev–Trinajstić information content (AvgIpc) is 2.83. The van der Waals surface area contributed by atoms with Crippen LogP contribution in [0.4, 0.5) is 31.1 Å². The van der Waals surface area contributed by atoms with E-state index in [1.807, 2.05) is 30.3 Å². The molecule has 0 aromatic heterocycles. The highest BCUT2D eigenvalue weighted by Crippen LogP contribution is 2.40. The summed E-state index contributed by atoms with van der Waals surface area (Å²) < 4.78 is 91.4. The minimum Gasteiger partial charge on any atom is -0.444 e. The molecule has 0 radical (unpaired) electrons. The van der Waals surface area contributed by atoms with E-state index in [0.717, 1.165) is 5.56 Å². The molecule has 5 nitrogen and oxygen atoms in total. The van der Waals surface area contributed by atoms with Gasteiger partial charge in [0.2, 0.25) is 0 Å². The van der Waals surface area contributed by atoms with E-state index in [0.29, 0.717) is 38.1 Å². The van der Waals surface area contributed by atoms with E-state index >= 15 is 0 Å². The van der Waals surface area contributed by atoms with E-state index in [1.165, 1.54) is 0 Å². The van der Waals surface area contributed by atoms with Crippen molar-refractivity contribution in [2.75, 3.05) is 26.3 Å². The number of carbonyl (C=O) groups is 1. The smallest absolute Gasteiger partial charge is 0.416 e. The van der Waals surface area contributed by atoms with Crippen molar-refractivity contribution >= 4 is 6.09 Å². The van der Waals surface area contributed by atoms with Gasteiger partial charge in [0.1, 0.15) is 11.7 Å². The molecule has 2 aromatic carbocycles. The van der Waals surface area contributed by atoms with Crippen LogP contribution in [0.15, 0.2) is 48.5 Å². The second-order valence-electron chi connectivity index (χ2n) is 10.4. The lowest BCUT2D eigenvalue weighted by atomic mass is 9.73. The standard InChI is InChI=1S/C27H31F6NO4/c1-24(2,3)38-23(36)34-11-9-25(10-12-34,19-7-5-4-6-8-19)17-37-22(16-35)18-13-20(26(28,29)30)15-21(14-18)27(31,32)33/h4-8,13-15,22,35H,9-12,16-17H2,1-3H3. The number of aliphatic hydroxyl groups excluding tert-OH is 1. The number of piperidine rings is 1. The Hall–Kier alpha value is -2.79. The van der Waals surface area contributed by atoms with E-state index in [2.05, 4.69) is 0 Å². The minimum atomic E-state index is -5.02. The van der Waals surface area contributed by atoms with Gasteiger partial charge in [-0.25, -0.2) is 4.79 Å². The SMILES string of the molecule is CC(C)(C)OC(=O)N1CCC(COC(CO)c2cc(C(F)(F)F)cc(C(F)(F)F)c2)(c2ccccc2)CC1. The number of aliphatic hydroxyl groups is 1. The molecule has 0 bridgehead atoms. The van der Waals surface area contributed by atoms with Gasteiger partial charge in [-0.3, -0.25) is 0 Å². The second-order valence-corrected chi connectivity index (χ2v) is 10.4. The number of likely N-dealkylation sites (tertiary alicyclic amines) is 1. The fourth-order valence-electron chi connectivity index (χ4n) is 4.43. The summed E-state index contributed by atoms with van der Waals surface area (Å²) in [4.78, 5) is 14.1. The molecule has 2 aromatic rings. The van der Waals surface area contributed by atoms with Crippen molar-refractivity contribution in [1.82, 2.24) is 4.90 Å². The zero-order chi connectivity index (χ0) is 28.4. The molecule has 0 aliphatic carbocycles. The van der Waals surface area contributed by atoms with Crippen LogP contribution in [-0.4, -0.2) is 48.0 Å². The van der Waals surface area contributed by atoms with E-state index in [4.69, 9.17) is 9.47 Å². The van der Waals surface area contributed by atoms with E-state index in [1.54, 1.807) is 25.7 Å². The van der Waals surface area contributed by atoms with Gasteiger partial charge in [-0.1, -0.05) is 30.3 Å². The quantitative estimate of drug-likeness (QED) is 0.407. The van der Waals surface area contributed by atoms with Gasteiger partial charge in [-0.05, 0) is 62.9 Å². The van der Waals surface area contributed by atoms with Gasteiger partial charge < -0.3 is 19.5 Å². The number of amides is 1. The fourth-order valence-corrected chi connectivity index (χ4v) is 4.43. The van der Waals surface area contributed by atoms with Crippen molar-refractivity contribution < 1.29 is 45.7 Å². The maximum atomic E-state index is 13.4. The Bertz CT molecular complexity index is 1060. The molecule has 1 amide bonds. The summed E-state index contributed by atoms with van der Waals surface area (Å²) in [5.41, 5.74) is -3.91. The molecule has 1 aliphatic rings. The Morgan fingerprint density at radius 3 is 1.92 bits per heavy atom. The molecule has 11 heteroatoms. The van der Waals surface area contributed by atoms with Crippen molar-refractivity contribution in [1.29, 1.82) is 0 Å². The predicted octanol–water partition coefficient (Wildman–Crippen LogP) is 6.74. The number of halogens is 6. The first-order chi connectivity index (χ1) is 17.5. The normalized spacial score (nSPS) is 17.3. The molecule has 210 valence electrons. The number of nitrogens with zero attached hydrogens (tertiary/aromatic N) is 1. The van der Waals surface area contributed by atoms with E-state index in [9.17, 15) is 36.2 Å². The lowest BCUT2D eigenvalue weighted by molar-refractivity contribution is -0.143. The Labute approximate surface area is 217 Å². The number of hydrogen-bond donors (Lipinski definition) is 1. The highest BCUT2D eigenvalue weighted by atomic mass is 19.4. The molecule has 38 heavy (non-hydrogen) atoms. The van der Waals surface area contributed by atoms with Crippen LogP contribution in [0, 0.1) is 0 Å². The van der Waals surface area contributed by atoms with Crippen LogP contribution in [0.2, 0.25) is 0 Å². The number of alkyl halides is 6. The van der Waals surface area contributed by atoms with Gasteiger partial charge in [-0.2, -0.15) is 26.3 Å². The van der Waals surface area contributed by atoms with Crippen molar-refractivity contribution in [3.63, 3.8) is 0 Å². The summed E-state index contributed by atoms with van der Waals surface area (Å²) in [6, 6.07) is 10.3. The second kappa shape index (κ2) is 11.1. The average molecular weight is 548 g/mol. The van der Waals surface area contributed by atoms with Crippen LogP contribution in [0.3, 0.4) is 0 Å². The van der Waals surface area contributed by atoms with Crippen LogP contribution < -0.4 is 0 Å². The highest BCUT2D eigenvalue weighted by molar-refractivity contribution is 5.68.